The number of pyridine rings is 1. The van der Waals surface area contributed by atoms with Crippen LogP contribution in [0, 0.1) is 5.92 Å². The third kappa shape index (κ3) is 5.44. The monoisotopic (exact) mass is 461 g/mol. The van der Waals surface area contributed by atoms with Crippen molar-refractivity contribution in [3.8, 4) is 0 Å². The Morgan fingerprint density at radius 3 is 2.62 bits per heavy atom. The largest absolute Gasteiger partial charge is 0.466 e. The molecule has 0 saturated carbocycles. The number of aromatic amines is 1. The van der Waals surface area contributed by atoms with Gasteiger partial charge in [-0.2, -0.15) is 0 Å². The van der Waals surface area contributed by atoms with Gasteiger partial charge in [0.15, 0.2) is 0 Å². The summed E-state index contributed by atoms with van der Waals surface area (Å²) in [4.78, 5) is 30.0. The van der Waals surface area contributed by atoms with Crippen LogP contribution in [0.4, 0.5) is 11.4 Å². The molecule has 34 heavy (non-hydrogen) atoms. The average molecular weight is 462 g/mol. The number of hydrogen-bond donors (Lipinski definition) is 2. The molecule has 0 radical (unpaired) electrons. The highest BCUT2D eigenvalue weighted by molar-refractivity contribution is 5.80. The number of anilines is 2. The van der Waals surface area contributed by atoms with E-state index >= 15 is 0 Å². The fourth-order valence-electron chi connectivity index (χ4n) is 4.50. The van der Waals surface area contributed by atoms with E-state index in [-0.39, 0.29) is 22.9 Å². The van der Waals surface area contributed by atoms with Crippen LogP contribution in [0.3, 0.4) is 0 Å². The zero-order valence-electron chi connectivity index (χ0n) is 20.6. The van der Waals surface area contributed by atoms with Crippen molar-refractivity contribution in [2.45, 2.75) is 52.5 Å². The van der Waals surface area contributed by atoms with Gasteiger partial charge in [0.05, 0.1) is 12.5 Å². The van der Waals surface area contributed by atoms with Crippen LogP contribution >= 0.6 is 0 Å². The third-order valence-electron chi connectivity index (χ3n) is 6.54. The Hall–Kier alpha value is -3.28. The minimum Gasteiger partial charge on any atom is -0.466 e. The molecule has 1 aromatic heterocycles. The lowest BCUT2D eigenvalue weighted by atomic mass is 9.86. The van der Waals surface area contributed by atoms with E-state index in [1.54, 1.807) is 0 Å². The lowest BCUT2D eigenvalue weighted by Crippen LogP contribution is -2.39. The lowest BCUT2D eigenvalue weighted by molar-refractivity contribution is -0.148. The highest BCUT2D eigenvalue weighted by atomic mass is 16.5. The van der Waals surface area contributed by atoms with Crippen LogP contribution in [-0.2, 0) is 21.5 Å². The number of esters is 1. The van der Waals surface area contributed by atoms with E-state index < -0.39 is 0 Å². The van der Waals surface area contributed by atoms with Gasteiger partial charge in [-0.05, 0) is 78.6 Å². The molecule has 1 aliphatic heterocycles. The molecule has 0 spiro atoms. The second kappa shape index (κ2) is 9.92. The van der Waals surface area contributed by atoms with Crippen LogP contribution in [0.25, 0.3) is 10.9 Å². The average Bonchev–Trinajstić information content (AvgIpc) is 2.82. The summed E-state index contributed by atoms with van der Waals surface area (Å²) in [5.74, 6) is -0.161. The number of hydrogen-bond acceptors (Lipinski definition) is 5. The maximum Gasteiger partial charge on any atom is 0.310 e. The summed E-state index contributed by atoms with van der Waals surface area (Å²) >= 11 is 0. The number of carbonyl (C=O) groups excluding carboxylic acids is 1. The van der Waals surface area contributed by atoms with Crippen molar-refractivity contribution in [2.75, 3.05) is 29.9 Å². The van der Waals surface area contributed by atoms with Gasteiger partial charge < -0.3 is 19.9 Å². The zero-order chi connectivity index (χ0) is 24.3. The Balaban J connectivity index is 1.43. The summed E-state index contributed by atoms with van der Waals surface area (Å²) in [6.45, 7) is 10.9. The van der Waals surface area contributed by atoms with Gasteiger partial charge in [-0.25, -0.2) is 0 Å². The molecule has 2 N–H and O–H groups in total. The molecular formula is C28H35N3O3. The molecule has 0 unspecified atom stereocenters. The van der Waals surface area contributed by atoms with Crippen LogP contribution in [0.15, 0.2) is 53.3 Å². The summed E-state index contributed by atoms with van der Waals surface area (Å²) in [5, 5.41) is 4.41. The van der Waals surface area contributed by atoms with E-state index in [1.807, 2.05) is 31.2 Å². The van der Waals surface area contributed by atoms with Gasteiger partial charge in [-0.1, -0.05) is 26.8 Å². The number of rotatable bonds is 6. The molecular weight excluding hydrogens is 426 g/mol. The SMILES string of the molecule is CCOC(=O)[C@H]1CCCN(c2ccc(NCc3cc4cc(C(C)(C)C)ccc4[nH]c3=O)cc2)C1. The number of ether oxygens (including phenoxy) is 1. The van der Waals surface area contributed by atoms with Gasteiger partial charge in [0, 0.05) is 42.1 Å². The molecule has 2 aromatic carbocycles. The molecule has 1 saturated heterocycles. The smallest absolute Gasteiger partial charge is 0.310 e. The second-order valence-electron chi connectivity index (χ2n) is 10.1. The van der Waals surface area contributed by atoms with Crippen LogP contribution in [0.2, 0.25) is 0 Å². The first kappa shape index (κ1) is 23.9. The van der Waals surface area contributed by atoms with E-state index in [0.717, 1.165) is 41.7 Å². The first-order chi connectivity index (χ1) is 16.2. The summed E-state index contributed by atoms with van der Waals surface area (Å²) in [6, 6.07) is 16.4. The quantitative estimate of drug-likeness (QED) is 0.493. The Morgan fingerprint density at radius 1 is 1.15 bits per heavy atom. The summed E-state index contributed by atoms with van der Waals surface area (Å²) in [7, 11) is 0. The van der Waals surface area contributed by atoms with E-state index in [9.17, 15) is 9.59 Å². The Morgan fingerprint density at radius 2 is 1.91 bits per heavy atom. The Labute approximate surface area is 201 Å². The van der Waals surface area contributed by atoms with Gasteiger partial charge in [0.25, 0.3) is 5.56 Å². The first-order valence-corrected chi connectivity index (χ1v) is 12.2. The molecule has 1 aliphatic rings. The zero-order valence-corrected chi connectivity index (χ0v) is 20.6. The van der Waals surface area contributed by atoms with Crippen LogP contribution < -0.4 is 15.8 Å². The van der Waals surface area contributed by atoms with E-state index in [0.29, 0.717) is 25.3 Å². The van der Waals surface area contributed by atoms with Gasteiger partial charge >= 0.3 is 5.97 Å². The molecule has 0 aliphatic carbocycles. The number of benzene rings is 2. The van der Waals surface area contributed by atoms with Crippen LogP contribution in [0.5, 0.6) is 0 Å². The summed E-state index contributed by atoms with van der Waals surface area (Å²) < 4.78 is 5.21. The minimum absolute atomic E-state index is 0.0508. The third-order valence-corrected chi connectivity index (χ3v) is 6.54. The van der Waals surface area contributed by atoms with Crippen molar-refractivity contribution in [1.29, 1.82) is 0 Å². The number of H-pyrrole nitrogens is 1. The van der Waals surface area contributed by atoms with Crippen LogP contribution in [-0.4, -0.2) is 30.6 Å². The molecule has 2 heterocycles. The highest BCUT2D eigenvalue weighted by Crippen LogP contribution is 2.27. The number of nitrogens with one attached hydrogen (secondary N) is 2. The van der Waals surface area contributed by atoms with Crippen LogP contribution in [0.1, 0.15) is 51.7 Å². The van der Waals surface area contributed by atoms with Gasteiger partial charge in [-0.15, -0.1) is 0 Å². The molecule has 180 valence electrons. The molecule has 4 rings (SSSR count). The first-order valence-electron chi connectivity index (χ1n) is 12.2. The van der Waals surface area contributed by atoms with Gasteiger partial charge in [-0.3, -0.25) is 9.59 Å². The Kier molecular flexibility index (Phi) is 6.96. The molecule has 3 aromatic rings. The van der Waals surface area contributed by atoms with Crippen molar-refractivity contribution < 1.29 is 9.53 Å². The topological polar surface area (TPSA) is 74.4 Å². The minimum atomic E-state index is -0.0966. The molecule has 1 fully saturated rings. The maximum atomic E-state index is 12.6. The van der Waals surface area contributed by atoms with E-state index in [2.05, 4.69) is 60.2 Å². The fourth-order valence-corrected chi connectivity index (χ4v) is 4.50. The second-order valence-corrected chi connectivity index (χ2v) is 10.1. The maximum absolute atomic E-state index is 12.6. The number of carbonyl (C=O) groups is 1. The predicted octanol–water partition coefficient (Wildman–Crippen LogP) is 5.22. The normalized spacial score (nSPS) is 16.5. The van der Waals surface area contributed by atoms with Crippen molar-refractivity contribution >= 4 is 28.2 Å². The number of aromatic nitrogens is 1. The van der Waals surface area contributed by atoms with Crippen molar-refractivity contribution in [1.82, 2.24) is 4.98 Å². The highest BCUT2D eigenvalue weighted by Gasteiger charge is 2.27. The fraction of sp³-hybridized carbons (Fsp3) is 0.429. The number of fused-ring (bicyclic) bond motifs is 1. The van der Waals surface area contributed by atoms with Gasteiger partial charge in [0.2, 0.25) is 0 Å². The number of nitrogens with zero attached hydrogens (tertiary/aromatic N) is 1. The van der Waals surface area contributed by atoms with Crippen molar-refractivity contribution in [2.24, 2.45) is 5.92 Å². The molecule has 6 heteroatoms. The van der Waals surface area contributed by atoms with E-state index in [4.69, 9.17) is 4.74 Å². The predicted molar refractivity (Wildman–Crippen MR) is 139 cm³/mol. The molecule has 0 bridgehead atoms. The number of piperidine rings is 1. The van der Waals surface area contributed by atoms with Crippen molar-refractivity contribution in [3.05, 3.63) is 70.0 Å². The molecule has 6 nitrogen and oxygen atoms in total. The molecule has 0 amide bonds. The standard InChI is InChI=1S/C28H35N3O3/c1-5-34-27(33)19-7-6-14-31(18-19)24-11-9-23(10-12-24)29-17-21-15-20-16-22(28(2,3)4)8-13-25(20)30-26(21)32/h8-13,15-16,19,29H,5-7,14,17-18H2,1-4H3,(H,30,32)/t19-/m0/s1. The van der Waals surface area contributed by atoms with E-state index in [1.165, 1.54) is 5.56 Å². The summed E-state index contributed by atoms with van der Waals surface area (Å²) in [5.41, 5.74) is 4.82. The van der Waals surface area contributed by atoms with Crippen molar-refractivity contribution in [3.63, 3.8) is 0 Å². The Bertz CT molecular complexity index is 1210. The molecule has 1 atom stereocenters. The lowest BCUT2D eigenvalue weighted by Gasteiger charge is -2.33. The van der Waals surface area contributed by atoms with Gasteiger partial charge in [0.1, 0.15) is 0 Å². The summed E-state index contributed by atoms with van der Waals surface area (Å²) in [6.07, 6.45) is 1.86.